The third kappa shape index (κ3) is 1.91. The third-order valence-electron chi connectivity index (χ3n) is 3.18. The lowest BCUT2D eigenvalue weighted by Gasteiger charge is -2.01. The first-order valence-corrected chi connectivity index (χ1v) is 6.32. The lowest BCUT2D eigenvalue weighted by atomic mass is 10.0. The van der Waals surface area contributed by atoms with Gasteiger partial charge in [0, 0.05) is 21.5 Å². The Morgan fingerprint density at radius 3 is 2.35 bits per heavy atom. The fraction of sp³-hybridized carbons (Fsp3) is 0. The van der Waals surface area contributed by atoms with Crippen LogP contribution in [0, 0.1) is 22.7 Å². The zero-order valence-corrected chi connectivity index (χ0v) is 11.1. The van der Waals surface area contributed by atoms with E-state index in [1.165, 1.54) is 0 Å². The van der Waals surface area contributed by atoms with Crippen LogP contribution >= 0.6 is 11.6 Å². The summed E-state index contributed by atoms with van der Waals surface area (Å²) < 4.78 is 0. The zero-order chi connectivity index (χ0) is 14.1. The molecule has 0 aliphatic carbocycles. The van der Waals surface area contributed by atoms with Crippen molar-refractivity contribution in [2.45, 2.75) is 0 Å². The number of nitriles is 2. The molecule has 0 bridgehead atoms. The highest BCUT2D eigenvalue weighted by atomic mass is 35.5. The molecule has 0 atom stereocenters. The van der Waals surface area contributed by atoms with E-state index in [0.717, 1.165) is 22.0 Å². The minimum atomic E-state index is 0.493. The van der Waals surface area contributed by atoms with Crippen molar-refractivity contribution in [2.75, 3.05) is 0 Å². The van der Waals surface area contributed by atoms with Crippen LogP contribution in [0.15, 0.2) is 42.5 Å². The number of fused-ring (bicyclic) bond motifs is 1. The molecule has 0 aliphatic heterocycles. The van der Waals surface area contributed by atoms with Crippen LogP contribution in [-0.2, 0) is 0 Å². The molecule has 1 heterocycles. The van der Waals surface area contributed by atoms with E-state index in [1.54, 1.807) is 18.2 Å². The first-order chi connectivity index (χ1) is 9.72. The molecule has 0 radical (unpaired) electrons. The molecule has 0 saturated heterocycles. The van der Waals surface area contributed by atoms with Crippen LogP contribution in [0.2, 0.25) is 5.02 Å². The Hall–Kier alpha value is -2.75. The van der Waals surface area contributed by atoms with Gasteiger partial charge in [-0.05, 0) is 35.9 Å². The van der Waals surface area contributed by atoms with E-state index in [0.29, 0.717) is 16.3 Å². The number of H-pyrrole nitrogens is 1. The van der Waals surface area contributed by atoms with Gasteiger partial charge in [-0.3, -0.25) is 0 Å². The number of hydrogen-bond donors (Lipinski definition) is 1. The maximum absolute atomic E-state index is 9.28. The smallest absolute Gasteiger partial charge is 0.126 e. The number of halogens is 1. The minimum absolute atomic E-state index is 0.493. The van der Waals surface area contributed by atoms with Crippen molar-refractivity contribution in [3.05, 3.63) is 58.7 Å². The number of aromatic amines is 1. The van der Waals surface area contributed by atoms with Crippen LogP contribution in [0.5, 0.6) is 0 Å². The van der Waals surface area contributed by atoms with Crippen LogP contribution in [0.4, 0.5) is 0 Å². The molecule has 0 amide bonds. The van der Waals surface area contributed by atoms with Crippen LogP contribution in [-0.4, -0.2) is 4.98 Å². The summed E-state index contributed by atoms with van der Waals surface area (Å²) in [7, 11) is 0. The van der Waals surface area contributed by atoms with Crippen molar-refractivity contribution in [1.82, 2.24) is 4.98 Å². The molecule has 2 aromatic carbocycles. The second-order valence-electron chi connectivity index (χ2n) is 4.37. The standard InChI is InChI=1S/C16H8ClN3/c17-12-5-6-14-13(7-12)16(15(9-19)20-14)11-3-1-10(8-18)2-4-11/h1-7,20H. The molecule has 0 unspecified atom stereocenters. The zero-order valence-electron chi connectivity index (χ0n) is 10.3. The Balaban J connectivity index is 2.31. The van der Waals surface area contributed by atoms with Gasteiger partial charge in [-0.2, -0.15) is 10.5 Å². The van der Waals surface area contributed by atoms with Crippen molar-refractivity contribution in [1.29, 1.82) is 10.5 Å². The molecule has 3 nitrogen and oxygen atoms in total. The fourth-order valence-electron chi connectivity index (χ4n) is 2.26. The molecular formula is C16H8ClN3. The Bertz CT molecular complexity index is 877. The van der Waals surface area contributed by atoms with Gasteiger partial charge < -0.3 is 4.98 Å². The molecule has 94 valence electrons. The average Bonchev–Trinajstić information content (AvgIpc) is 2.85. The number of hydrogen-bond acceptors (Lipinski definition) is 2. The van der Waals surface area contributed by atoms with Gasteiger partial charge in [-0.25, -0.2) is 0 Å². The van der Waals surface area contributed by atoms with E-state index < -0.39 is 0 Å². The summed E-state index contributed by atoms with van der Waals surface area (Å²) in [5.74, 6) is 0. The highest BCUT2D eigenvalue weighted by Gasteiger charge is 2.13. The molecule has 4 heteroatoms. The van der Waals surface area contributed by atoms with Gasteiger partial charge in [0.15, 0.2) is 0 Å². The monoisotopic (exact) mass is 277 g/mol. The molecule has 0 fully saturated rings. The van der Waals surface area contributed by atoms with Crippen LogP contribution < -0.4 is 0 Å². The Kier molecular flexibility index (Phi) is 2.91. The Labute approximate surface area is 120 Å². The van der Waals surface area contributed by atoms with E-state index in [4.69, 9.17) is 16.9 Å². The van der Waals surface area contributed by atoms with Crippen molar-refractivity contribution < 1.29 is 0 Å². The number of nitrogens with one attached hydrogen (secondary N) is 1. The summed E-state index contributed by atoms with van der Waals surface area (Å²) in [6.07, 6.45) is 0. The summed E-state index contributed by atoms with van der Waals surface area (Å²) in [5, 5.41) is 19.6. The lowest BCUT2D eigenvalue weighted by Crippen LogP contribution is -1.82. The molecule has 0 aliphatic rings. The SMILES string of the molecule is N#Cc1ccc(-c2c(C#N)[nH]c3ccc(Cl)cc23)cc1. The molecule has 1 aromatic heterocycles. The van der Waals surface area contributed by atoms with Gasteiger partial charge in [0.1, 0.15) is 11.8 Å². The molecular weight excluding hydrogens is 270 g/mol. The first-order valence-electron chi connectivity index (χ1n) is 5.95. The number of benzene rings is 2. The second kappa shape index (κ2) is 4.74. The summed E-state index contributed by atoms with van der Waals surface area (Å²) in [5.41, 5.74) is 3.64. The lowest BCUT2D eigenvalue weighted by molar-refractivity contribution is 1.37. The third-order valence-corrected chi connectivity index (χ3v) is 3.41. The molecule has 0 spiro atoms. The van der Waals surface area contributed by atoms with E-state index in [2.05, 4.69) is 17.1 Å². The molecule has 3 aromatic rings. The highest BCUT2D eigenvalue weighted by Crippen LogP contribution is 2.33. The van der Waals surface area contributed by atoms with E-state index >= 15 is 0 Å². The van der Waals surface area contributed by atoms with E-state index in [1.807, 2.05) is 24.3 Å². The maximum Gasteiger partial charge on any atom is 0.126 e. The Morgan fingerprint density at radius 1 is 0.950 bits per heavy atom. The summed E-state index contributed by atoms with van der Waals surface area (Å²) in [6, 6.07) is 16.9. The highest BCUT2D eigenvalue weighted by molar-refractivity contribution is 6.31. The van der Waals surface area contributed by atoms with Gasteiger partial charge in [0.05, 0.1) is 11.6 Å². The molecule has 1 N–H and O–H groups in total. The topological polar surface area (TPSA) is 63.4 Å². The number of rotatable bonds is 1. The largest absolute Gasteiger partial charge is 0.346 e. The Morgan fingerprint density at radius 2 is 1.70 bits per heavy atom. The number of aromatic nitrogens is 1. The van der Waals surface area contributed by atoms with Crippen molar-refractivity contribution in [2.24, 2.45) is 0 Å². The summed E-state index contributed by atoms with van der Waals surface area (Å²) in [4.78, 5) is 3.08. The number of nitrogens with zero attached hydrogens (tertiary/aromatic N) is 2. The van der Waals surface area contributed by atoms with Crippen LogP contribution in [0.1, 0.15) is 11.3 Å². The van der Waals surface area contributed by atoms with Gasteiger partial charge in [-0.1, -0.05) is 23.7 Å². The van der Waals surface area contributed by atoms with Crippen LogP contribution in [0.25, 0.3) is 22.0 Å². The van der Waals surface area contributed by atoms with Crippen LogP contribution in [0.3, 0.4) is 0 Å². The second-order valence-corrected chi connectivity index (χ2v) is 4.80. The van der Waals surface area contributed by atoms with E-state index in [9.17, 15) is 5.26 Å². The van der Waals surface area contributed by atoms with Gasteiger partial charge >= 0.3 is 0 Å². The first kappa shape index (κ1) is 12.3. The van der Waals surface area contributed by atoms with Gasteiger partial charge in [0.25, 0.3) is 0 Å². The predicted molar refractivity (Wildman–Crippen MR) is 78.2 cm³/mol. The molecule has 3 rings (SSSR count). The van der Waals surface area contributed by atoms with E-state index in [-0.39, 0.29) is 0 Å². The summed E-state index contributed by atoms with van der Waals surface area (Å²) >= 11 is 6.04. The van der Waals surface area contributed by atoms with Crippen molar-refractivity contribution in [3.8, 4) is 23.3 Å². The predicted octanol–water partition coefficient (Wildman–Crippen LogP) is 4.23. The maximum atomic E-state index is 9.28. The van der Waals surface area contributed by atoms with Crippen molar-refractivity contribution >= 4 is 22.5 Å². The molecule has 0 saturated carbocycles. The van der Waals surface area contributed by atoms with Crippen molar-refractivity contribution in [3.63, 3.8) is 0 Å². The quantitative estimate of drug-likeness (QED) is 0.723. The molecule has 20 heavy (non-hydrogen) atoms. The van der Waals surface area contributed by atoms with Gasteiger partial charge in [0.2, 0.25) is 0 Å². The average molecular weight is 278 g/mol. The minimum Gasteiger partial charge on any atom is -0.346 e. The normalized spacial score (nSPS) is 10.2. The van der Waals surface area contributed by atoms with Gasteiger partial charge in [-0.15, -0.1) is 0 Å². The fourth-order valence-corrected chi connectivity index (χ4v) is 2.43. The summed E-state index contributed by atoms with van der Waals surface area (Å²) in [6.45, 7) is 0.